The molecule has 0 aliphatic rings. The lowest BCUT2D eigenvalue weighted by Crippen LogP contribution is -2.17. The zero-order chi connectivity index (χ0) is 11.5. The Kier molecular flexibility index (Phi) is 3.85. The van der Waals surface area contributed by atoms with E-state index in [9.17, 15) is 0 Å². The van der Waals surface area contributed by atoms with E-state index in [1.807, 2.05) is 11.7 Å². The number of rotatable bonds is 4. The lowest BCUT2D eigenvalue weighted by Gasteiger charge is -2.12. The Morgan fingerprint density at radius 2 is 2.00 bits per heavy atom. The zero-order valence-corrected chi connectivity index (χ0v) is 10.5. The molecule has 0 spiro atoms. The molecule has 0 bridgehead atoms. The van der Waals surface area contributed by atoms with Crippen molar-refractivity contribution in [3.63, 3.8) is 0 Å². The average molecular weight is 210 g/mol. The summed E-state index contributed by atoms with van der Waals surface area (Å²) in [5.41, 5.74) is 0.0285. The van der Waals surface area contributed by atoms with Crippen LogP contribution in [0.3, 0.4) is 0 Å². The molecule has 86 valence electrons. The van der Waals surface area contributed by atoms with Crippen molar-refractivity contribution < 1.29 is 0 Å². The summed E-state index contributed by atoms with van der Waals surface area (Å²) in [6, 6.07) is 0. The summed E-state index contributed by atoms with van der Waals surface area (Å²) in [5, 5.41) is 7.76. The number of hydrogen-bond acceptors (Lipinski definition) is 3. The van der Waals surface area contributed by atoms with E-state index in [1.54, 1.807) is 0 Å². The van der Waals surface area contributed by atoms with Crippen LogP contribution in [-0.2, 0) is 19.0 Å². The van der Waals surface area contributed by atoms with E-state index in [0.717, 1.165) is 31.2 Å². The molecule has 0 amide bonds. The molecule has 4 heteroatoms. The molecule has 0 saturated heterocycles. The van der Waals surface area contributed by atoms with Crippen LogP contribution in [0.15, 0.2) is 0 Å². The van der Waals surface area contributed by atoms with Gasteiger partial charge in [-0.3, -0.25) is 4.68 Å². The van der Waals surface area contributed by atoms with Crippen molar-refractivity contribution >= 4 is 0 Å². The van der Waals surface area contributed by atoms with Gasteiger partial charge in [-0.2, -0.15) is 5.10 Å². The van der Waals surface area contributed by atoms with E-state index >= 15 is 0 Å². The number of nitrogens with zero attached hydrogens (tertiary/aromatic N) is 3. The molecule has 1 rings (SSSR count). The van der Waals surface area contributed by atoms with Crippen LogP contribution >= 0.6 is 0 Å². The molecule has 1 aromatic heterocycles. The minimum atomic E-state index is 0.0285. The van der Waals surface area contributed by atoms with Gasteiger partial charge in [0.25, 0.3) is 0 Å². The van der Waals surface area contributed by atoms with Crippen LogP contribution in [0.4, 0.5) is 0 Å². The van der Waals surface area contributed by atoms with Crippen molar-refractivity contribution in [1.29, 1.82) is 0 Å². The van der Waals surface area contributed by atoms with Crippen molar-refractivity contribution in [2.75, 3.05) is 6.54 Å². The number of nitrogens with one attached hydrogen (secondary N) is 1. The molecule has 4 nitrogen and oxygen atoms in total. The fourth-order valence-electron chi connectivity index (χ4n) is 1.27. The Morgan fingerprint density at radius 1 is 1.33 bits per heavy atom. The second-order valence-corrected chi connectivity index (χ2v) is 4.90. The van der Waals surface area contributed by atoms with Crippen LogP contribution in [0.5, 0.6) is 0 Å². The second kappa shape index (κ2) is 4.75. The average Bonchev–Trinajstić information content (AvgIpc) is 2.48. The highest BCUT2D eigenvalue weighted by atomic mass is 15.3. The molecule has 1 heterocycles. The van der Waals surface area contributed by atoms with Crippen molar-refractivity contribution in [2.24, 2.45) is 7.05 Å². The molecule has 0 aliphatic heterocycles. The maximum atomic E-state index is 4.54. The monoisotopic (exact) mass is 210 g/mol. The molecule has 0 aromatic carbocycles. The first-order valence-electron chi connectivity index (χ1n) is 5.56. The summed E-state index contributed by atoms with van der Waals surface area (Å²) in [6.45, 7) is 10.4. The smallest absolute Gasteiger partial charge is 0.156 e. The maximum Gasteiger partial charge on any atom is 0.156 e. The molecule has 0 aliphatic carbocycles. The summed E-state index contributed by atoms with van der Waals surface area (Å²) in [6.07, 6.45) is 1.14. The van der Waals surface area contributed by atoms with Crippen LogP contribution in [0.1, 0.15) is 45.8 Å². The highest BCUT2D eigenvalue weighted by molar-refractivity contribution is 5.03. The zero-order valence-electron chi connectivity index (χ0n) is 10.5. The van der Waals surface area contributed by atoms with Crippen molar-refractivity contribution in [3.8, 4) is 0 Å². The lowest BCUT2D eigenvalue weighted by molar-refractivity contribution is 0.538. The van der Waals surface area contributed by atoms with Gasteiger partial charge in [0.1, 0.15) is 5.82 Å². The van der Waals surface area contributed by atoms with E-state index in [2.05, 4.69) is 43.1 Å². The Balaban J connectivity index is 2.69. The first-order chi connectivity index (χ1) is 6.95. The highest BCUT2D eigenvalue weighted by Gasteiger charge is 2.20. The summed E-state index contributed by atoms with van der Waals surface area (Å²) in [5.74, 6) is 1.92. The molecule has 1 N–H and O–H groups in total. The molecule has 0 saturated carbocycles. The van der Waals surface area contributed by atoms with Gasteiger partial charge in [0.2, 0.25) is 0 Å². The predicted molar refractivity (Wildman–Crippen MR) is 61.7 cm³/mol. The largest absolute Gasteiger partial charge is 0.310 e. The van der Waals surface area contributed by atoms with Crippen molar-refractivity contribution in [1.82, 2.24) is 20.1 Å². The van der Waals surface area contributed by atoms with Gasteiger partial charge in [0.15, 0.2) is 5.82 Å². The van der Waals surface area contributed by atoms with Gasteiger partial charge in [0, 0.05) is 12.5 Å². The fraction of sp³-hybridized carbons (Fsp3) is 0.818. The molecule has 0 radical (unpaired) electrons. The van der Waals surface area contributed by atoms with Gasteiger partial charge >= 0.3 is 0 Å². The van der Waals surface area contributed by atoms with Gasteiger partial charge < -0.3 is 5.32 Å². The van der Waals surface area contributed by atoms with E-state index in [-0.39, 0.29) is 5.41 Å². The third kappa shape index (κ3) is 3.30. The number of aryl methyl sites for hydroxylation is 1. The van der Waals surface area contributed by atoms with Crippen molar-refractivity contribution in [2.45, 2.75) is 46.1 Å². The molecule has 1 aromatic rings. The minimum Gasteiger partial charge on any atom is -0.310 e. The van der Waals surface area contributed by atoms with Gasteiger partial charge in [-0.1, -0.05) is 27.7 Å². The topological polar surface area (TPSA) is 42.7 Å². The Hall–Kier alpha value is -0.900. The third-order valence-electron chi connectivity index (χ3n) is 2.23. The normalized spacial score (nSPS) is 12.1. The minimum absolute atomic E-state index is 0.0285. The Morgan fingerprint density at radius 3 is 2.47 bits per heavy atom. The van der Waals surface area contributed by atoms with Gasteiger partial charge in [-0.05, 0) is 13.0 Å². The lowest BCUT2D eigenvalue weighted by atomic mass is 9.96. The number of aromatic nitrogens is 3. The quantitative estimate of drug-likeness (QED) is 0.768. The van der Waals surface area contributed by atoms with Gasteiger partial charge in [-0.25, -0.2) is 4.98 Å². The first-order valence-corrected chi connectivity index (χ1v) is 5.56. The summed E-state index contributed by atoms with van der Waals surface area (Å²) in [4.78, 5) is 4.54. The second-order valence-electron chi connectivity index (χ2n) is 4.90. The molecule has 0 atom stereocenters. The standard InChI is InChI=1S/C11H22N4/c1-6-7-12-8-9-13-10(11(2,3)4)14-15(9)5/h12H,6-8H2,1-5H3. The third-order valence-corrected chi connectivity index (χ3v) is 2.23. The fourth-order valence-corrected chi connectivity index (χ4v) is 1.27. The Labute approximate surface area is 92.1 Å². The van der Waals surface area contributed by atoms with Crippen LogP contribution in [-0.4, -0.2) is 21.3 Å². The van der Waals surface area contributed by atoms with Crippen LogP contribution in [0.25, 0.3) is 0 Å². The van der Waals surface area contributed by atoms with Gasteiger partial charge in [0.05, 0.1) is 6.54 Å². The summed E-state index contributed by atoms with van der Waals surface area (Å²) >= 11 is 0. The molecular formula is C11H22N4. The van der Waals surface area contributed by atoms with E-state index in [4.69, 9.17) is 0 Å². The summed E-state index contributed by atoms with van der Waals surface area (Å²) < 4.78 is 1.86. The van der Waals surface area contributed by atoms with Crippen LogP contribution < -0.4 is 5.32 Å². The van der Waals surface area contributed by atoms with E-state index in [1.165, 1.54) is 0 Å². The molecule has 15 heavy (non-hydrogen) atoms. The molecule has 0 unspecified atom stereocenters. The summed E-state index contributed by atoms with van der Waals surface area (Å²) in [7, 11) is 1.95. The maximum absolute atomic E-state index is 4.54. The predicted octanol–water partition coefficient (Wildman–Crippen LogP) is 1.61. The van der Waals surface area contributed by atoms with E-state index < -0.39 is 0 Å². The molecular weight excluding hydrogens is 188 g/mol. The van der Waals surface area contributed by atoms with Crippen LogP contribution in [0.2, 0.25) is 0 Å². The SMILES string of the molecule is CCCNCc1nc(C(C)(C)C)nn1C. The van der Waals surface area contributed by atoms with Crippen LogP contribution in [0, 0.1) is 0 Å². The van der Waals surface area contributed by atoms with Crippen molar-refractivity contribution in [3.05, 3.63) is 11.6 Å². The van der Waals surface area contributed by atoms with Gasteiger partial charge in [-0.15, -0.1) is 0 Å². The van der Waals surface area contributed by atoms with E-state index in [0.29, 0.717) is 0 Å². The number of hydrogen-bond donors (Lipinski definition) is 1. The Bertz CT molecular complexity index is 309. The highest BCUT2D eigenvalue weighted by Crippen LogP contribution is 2.17. The first kappa shape index (κ1) is 12.2. The molecule has 0 fully saturated rings.